The minimum Gasteiger partial charge on any atom is -0.494 e. The van der Waals surface area contributed by atoms with Gasteiger partial charge in [-0.3, -0.25) is 4.90 Å². The van der Waals surface area contributed by atoms with Crippen molar-refractivity contribution in [3.8, 4) is 5.75 Å². The van der Waals surface area contributed by atoms with Crippen molar-refractivity contribution in [2.75, 3.05) is 20.2 Å². The first kappa shape index (κ1) is 17.9. The zero-order chi connectivity index (χ0) is 18.9. The zero-order valence-corrected chi connectivity index (χ0v) is 15.4. The van der Waals surface area contributed by atoms with Crippen LogP contribution in [0.15, 0.2) is 54.6 Å². The Kier molecular flexibility index (Phi) is 4.81. The van der Waals surface area contributed by atoms with Crippen molar-refractivity contribution in [1.82, 2.24) is 9.88 Å². The molecule has 1 fully saturated rings. The molecule has 0 bridgehead atoms. The number of halogens is 1. The van der Waals surface area contributed by atoms with E-state index >= 15 is 0 Å². The predicted octanol–water partition coefficient (Wildman–Crippen LogP) is 3.87. The third-order valence-corrected chi connectivity index (χ3v) is 5.40. The Bertz CT molecular complexity index is 952. The quantitative estimate of drug-likeness (QED) is 0.761. The van der Waals surface area contributed by atoms with E-state index < -0.39 is 5.60 Å². The Morgan fingerprint density at radius 2 is 1.85 bits per heavy atom. The highest BCUT2D eigenvalue weighted by Gasteiger charge is 2.35. The number of likely N-dealkylation sites (tertiary alicyclic amines) is 1. The van der Waals surface area contributed by atoms with Gasteiger partial charge in [0.25, 0.3) is 0 Å². The molecular weight excluding hydrogens is 343 g/mol. The van der Waals surface area contributed by atoms with E-state index in [0.29, 0.717) is 38.0 Å². The molecular formula is C22H23FN2O2. The van der Waals surface area contributed by atoms with Gasteiger partial charge in [0, 0.05) is 30.6 Å². The molecule has 1 aromatic heterocycles. The molecule has 0 spiro atoms. The molecule has 1 aliphatic rings. The SMILES string of the molecule is COc1cccc2ccc(CN3CCC(O)(c4ccccc4F)CC3)nc12. The van der Waals surface area contributed by atoms with Crippen LogP contribution in [-0.4, -0.2) is 35.2 Å². The molecule has 5 heteroatoms. The molecule has 27 heavy (non-hydrogen) atoms. The van der Waals surface area contributed by atoms with Crippen LogP contribution in [0.25, 0.3) is 10.9 Å². The van der Waals surface area contributed by atoms with Crippen LogP contribution in [0.2, 0.25) is 0 Å². The fourth-order valence-electron chi connectivity index (χ4n) is 3.83. The number of hydrogen-bond donors (Lipinski definition) is 1. The van der Waals surface area contributed by atoms with Gasteiger partial charge in [0.15, 0.2) is 0 Å². The number of fused-ring (bicyclic) bond motifs is 1. The summed E-state index contributed by atoms with van der Waals surface area (Å²) in [5, 5.41) is 12.0. The van der Waals surface area contributed by atoms with E-state index in [4.69, 9.17) is 9.72 Å². The number of hydrogen-bond acceptors (Lipinski definition) is 4. The summed E-state index contributed by atoms with van der Waals surface area (Å²) in [6.45, 7) is 2.08. The summed E-state index contributed by atoms with van der Waals surface area (Å²) < 4.78 is 19.5. The van der Waals surface area contributed by atoms with Crippen LogP contribution >= 0.6 is 0 Å². The summed E-state index contributed by atoms with van der Waals surface area (Å²) in [6, 6.07) is 16.5. The fourth-order valence-corrected chi connectivity index (χ4v) is 3.83. The number of rotatable bonds is 4. The van der Waals surface area contributed by atoms with Gasteiger partial charge in [-0.15, -0.1) is 0 Å². The summed E-state index contributed by atoms with van der Waals surface area (Å²) in [4.78, 5) is 7.01. The maximum absolute atomic E-state index is 14.1. The number of methoxy groups -OCH3 is 1. The second-order valence-corrected chi connectivity index (χ2v) is 7.12. The maximum atomic E-state index is 14.1. The summed E-state index contributed by atoms with van der Waals surface area (Å²) in [6.07, 6.45) is 1.01. The van der Waals surface area contributed by atoms with E-state index in [2.05, 4.69) is 11.0 Å². The second kappa shape index (κ2) is 7.25. The van der Waals surface area contributed by atoms with Gasteiger partial charge in [-0.2, -0.15) is 0 Å². The lowest BCUT2D eigenvalue weighted by Crippen LogP contribution is -2.42. The standard InChI is InChI=1S/C22H23FN2O2/c1-27-20-8-4-5-16-9-10-17(24-21(16)20)15-25-13-11-22(26,12-14-25)18-6-2-3-7-19(18)23/h2-10,26H,11-15H2,1H3. The highest BCUT2D eigenvalue weighted by molar-refractivity contribution is 5.84. The molecule has 1 aliphatic heterocycles. The van der Waals surface area contributed by atoms with Crippen LogP contribution in [0.5, 0.6) is 5.75 Å². The van der Waals surface area contributed by atoms with Crippen molar-refractivity contribution in [3.63, 3.8) is 0 Å². The van der Waals surface area contributed by atoms with E-state index in [0.717, 1.165) is 22.3 Å². The van der Waals surface area contributed by atoms with Crippen LogP contribution in [0.1, 0.15) is 24.1 Å². The summed E-state index contributed by atoms with van der Waals surface area (Å²) in [7, 11) is 1.65. The number of pyridine rings is 1. The predicted molar refractivity (Wildman–Crippen MR) is 103 cm³/mol. The number of piperidine rings is 1. The zero-order valence-electron chi connectivity index (χ0n) is 15.4. The van der Waals surface area contributed by atoms with Gasteiger partial charge in [-0.25, -0.2) is 9.37 Å². The summed E-state index contributed by atoms with van der Waals surface area (Å²) in [5.41, 5.74) is 1.13. The molecule has 0 atom stereocenters. The fraction of sp³-hybridized carbons (Fsp3) is 0.318. The van der Waals surface area contributed by atoms with E-state index in [9.17, 15) is 9.50 Å². The molecule has 0 amide bonds. The van der Waals surface area contributed by atoms with Crippen molar-refractivity contribution < 1.29 is 14.2 Å². The second-order valence-electron chi connectivity index (χ2n) is 7.12. The smallest absolute Gasteiger partial charge is 0.145 e. The van der Waals surface area contributed by atoms with Gasteiger partial charge >= 0.3 is 0 Å². The lowest BCUT2D eigenvalue weighted by Gasteiger charge is -2.38. The summed E-state index contributed by atoms with van der Waals surface area (Å²) in [5.74, 6) is 0.429. The molecule has 4 rings (SSSR count). The molecule has 2 aromatic carbocycles. The maximum Gasteiger partial charge on any atom is 0.145 e. The van der Waals surface area contributed by atoms with Crippen molar-refractivity contribution in [3.05, 3.63) is 71.7 Å². The van der Waals surface area contributed by atoms with Crippen LogP contribution in [0, 0.1) is 5.82 Å². The Labute approximate surface area is 158 Å². The number of nitrogens with zero attached hydrogens (tertiary/aromatic N) is 2. The number of aliphatic hydroxyl groups is 1. The van der Waals surface area contributed by atoms with E-state index in [1.807, 2.05) is 24.3 Å². The summed E-state index contributed by atoms with van der Waals surface area (Å²) >= 11 is 0. The molecule has 0 unspecified atom stereocenters. The first-order valence-electron chi connectivity index (χ1n) is 9.21. The average molecular weight is 366 g/mol. The van der Waals surface area contributed by atoms with E-state index in [-0.39, 0.29) is 5.82 Å². The van der Waals surface area contributed by atoms with Gasteiger partial charge < -0.3 is 9.84 Å². The van der Waals surface area contributed by atoms with Gasteiger partial charge in [0.1, 0.15) is 17.1 Å². The topological polar surface area (TPSA) is 45.6 Å². The minimum absolute atomic E-state index is 0.336. The van der Waals surface area contributed by atoms with Gasteiger partial charge in [0.2, 0.25) is 0 Å². The van der Waals surface area contributed by atoms with Gasteiger partial charge in [-0.05, 0) is 31.0 Å². The van der Waals surface area contributed by atoms with E-state index in [1.165, 1.54) is 6.07 Å². The van der Waals surface area contributed by atoms with Crippen LogP contribution < -0.4 is 4.74 Å². The Balaban J connectivity index is 1.48. The number of ether oxygens (including phenoxy) is 1. The van der Waals surface area contributed by atoms with Crippen LogP contribution in [0.3, 0.4) is 0 Å². The molecule has 2 heterocycles. The Morgan fingerprint density at radius 1 is 1.07 bits per heavy atom. The Hall–Kier alpha value is -2.50. The molecule has 0 aliphatic carbocycles. The van der Waals surface area contributed by atoms with Gasteiger partial charge in [-0.1, -0.05) is 36.4 Å². The van der Waals surface area contributed by atoms with Crippen molar-refractivity contribution in [2.45, 2.75) is 25.0 Å². The van der Waals surface area contributed by atoms with Crippen molar-refractivity contribution in [2.24, 2.45) is 0 Å². The third kappa shape index (κ3) is 3.53. The molecule has 1 N–H and O–H groups in total. The monoisotopic (exact) mass is 366 g/mol. The largest absolute Gasteiger partial charge is 0.494 e. The first-order valence-corrected chi connectivity index (χ1v) is 9.21. The van der Waals surface area contributed by atoms with E-state index in [1.54, 1.807) is 25.3 Å². The van der Waals surface area contributed by atoms with Crippen molar-refractivity contribution >= 4 is 10.9 Å². The number of para-hydroxylation sites is 1. The van der Waals surface area contributed by atoms with Crippen LogP contribution in [0.4, 0.5) is 4.39 Å². The highest BCUT2D eigenvalue weighted by atomic mass is 19.1. The average Bonchev–Trinajstić information content (AvgIpc) is 2.69. The Morgan fingerprint density at radius 3 is 2.59 bits per heavy atom. The molecule has 140 valence electrons. The molecule has 3 aromatic rings. The first-order chi connectivity index (χ1) is 13.1. The molecule has 0 radical (unpaired) electrons. The van der Waals surface area contributed by atoms with Crippen molar-refractivity contribution in [1.29, 1.82) is 0 Å². The lowest BCUT2D eigenvalue weighted by molar-refractivity contribution is -0.0304. The highest BCUT2D eigenvalue weighted by Crippen LogP contribution is 2.34. The minimum atomic E-state index is -1.10. The van der Waals surface area contributed by atoms with Gasteiger partial charge in [0.05, 0.1) is 18.4 Å². The third-order valence-electron chi connectivity index (χ3n) is 5.40. The normalized spacial score (nSPS) is 17.1. The molecule has 4 nitrogen and oxygen atoms in total. The van der Waals surface area contributed by atoms with Crippen LogP contribution in [-0.2, 0) is 12.1 Å². The number of benzene rings is 2. The molecule has 0 saturated carbocycles. The number of aromatic nitrogens is 1. The lowest BCUT2D eigenvalue weighted by atomic mass is 9.84. The molecule has 1 saturated heterocycles.